The Morgan fingerprint density at radius 1 is 1.09 bits per heavy atom. The van der Waals surface area contributed by atoms with Gasteiger partial charge in [0, 0.05) is 40.9 Å². The van der Waals surface area contributed by atoms with Gasteiger partial charge in [-0.05, 0) is 84.6 Å². The van der Waals surface area contributed by atoms with E-state index in [-0.39, 0.29) is 5.41 Å². The largest absolute Gasteiger partial charge is 0.467 e. The van der Waals surface area contributed by atoms with Gasteiger partial charge < -0.3 is 14.4 Å². The number of thiazole rings is 1. The van der Waals surface area contributed by atoms with Crippen molar-refractivity contribution in [1.82, 2.24) is 19.6 Å². The normalized spacial score (nSPS) is 15.5. The summed E-state index contributed by atoms with van der Waals surface area (Å²) in [6.07, 6.45) is 8.97. The number of benzene rings is 1. The van der Waals surface area contributed by atoms with Crippen LogP contribution in [-0.4, -0.2) is 51.4 Å². The minimum Gasteiger partial charge on any atom is -0.467 e. The van der Waals surface area contributed by atoms with E-state index >= 15 is 0 Å². The van der Waals surface area contributed by atoms with Gasteiger partial charge in [0.25, 0.3) is 0 Å². The molecule has 1 aromatic carbocycles. The van der Waals surface area contributed by atoms with Gasteiger partial charge in [-0.15, -0.1) is 24.5 Å². The quantitative estimate of drug-likeness (QED) is 0.111. The predicted octanol–water partition coefficient (Wildman–Crippen LogP) is 8.86. The molecule has 0 bridgehead atoms. The maximum absolute atomic E-state index is 13.4. The van der Waals surface area contributed by atoms with Gasteiger partial charge in [-0.2, -0.15) is 9.61 Å². The highest BCUT2D eigenvalue weighted by molar-refractivity contribution is 7.12. The molecule has 0 radical (unpaired) electrons. The molecule has 47 heavy (non-hydrogen) atoms. The summed E-state index contributed by atoms with van der Waals surface area (Å²) in [5.74, 6) is 0.381. The molecule has 9 heteroatoms. The van der Waals surface area contributed by atoms with E-state index in [1.807, 2.05) is 50.4 Å². The lowest BCUT2D eigenvalue weighted by Crippen LogP contribution is -2.41. The minimum atomic E-state index is -0.959. The monoisotopic (exact) mass is 655 g/mol. The number of rotatable bonds is 12. The summed E-state index contributed by atoms with van der Waals surface area (Å²) in [7, 11) is 1.40. The highest BCUT2D eigenvalue weighted by Gasteiger charge is 2.37. The lowest BCUT2D eigenvalue weighted by molar-refractivity contribution is -0.164. The molecule has 1 fully saturated rings. The summed E-state index contributed by atoms with van der Waals surface area (Å²) < 4.78 is 13.6. The van der Waals surface area contributed by atoms with Crippen LogP contribution in [0.1, 0.15) is 87.0 Å². The molecular weight excluding hydrogens is 607 g/mol. The Kier molecular flexibility index (Phi) is 10.4. The van der Waals surface area contributed by atoms with E-state index in [0.29, 0.717) is 5.56 Å². The van der Waals surface area contributed by atoms with E-state index in [2.05, 4.69) is 56.2 Å². The maximum Gasteiger partial charge on any atom is 0.339 e. The number of carbonyl (C=O) groups is 1. The number of fused-ring (bicyclic) bond motifs is 1. The maximum atomic E-state index is 13.4. The Labute approximate surface area is 283 Å². The first-order valence-electron chi connectivity index (χ1n) is 16.6. The highest BCUT2D eigenvalue weighted by atomic mass is 32.1. The number of nitrogens with zero attached hydrogens (tertiary/aromatic N) is 5. The zero-order chi connectivity index (χ0) is 33.9. The Morgan fingerprint density at radius 3 is 2.45 bits per heavy atom. The standard InChI is InChI=1S/C38H49N5O3S/c1-10-12-17-30-33(40-26(4)47-30)28-16-14-15-27(23-28)29-24-31-39-25(3)32(34(36(44)45-9)46-37(5,6)7)35(43(31)41-29)42-21-19-38(8,20-22-42)18-13-11-2/h10-11,14-16,23-24,34H,1-2,12-13,17-22H2,3-9H3/t34-/m0/s1. The van der Waals surface area contributed by atoms with Gasteiger partial charge in [0.05, 0.1) is 34.7 Å². The van der Waals surface area contributed by atoms with E-state index in [1.165, 1.54) is 12.0 Å². The summed E-state index contributed by atoms with van der Waals surface area (Å²) in [6.45, 7) is 21.7. The first-order valence-corrected chi connectivity index (χ1v) is 17.4. The second-order valence-corrected chi connectivity index (χ2v) is 15.2. The fraction of sp³-hybridized carbons (Fsp3) is 0.474. The molecule has 4 aromatic rings. The van der Waals surface area contributed by atoms with Crippen molar-refractivity contribution in [2.45, 2.75) is 91.8 Å². The third-order valence-corrected chi connectivity index (χ3v) is 10.0. The van der Waals surface area contributed by atoms with Crippen LogP contribution in [0.4, 0.5) is 5.82 Å². The van der Waals surface area contributed by atoms with Gasteiger partial charge in [-0.3, -0.25) is 0 Å². The average Bonchev–Trinajstić information content (AvgIpc) is 3.64. The molecule has 4 heterocycles. The number of hydrogen-bond acceptors (Lipinski definition) is 8. The van der Waals surface area contributed by atoms with Crippen molar-refractivity contribution in [2.24, 2.45) is 5.41 Å². The fourth-order valence-corrected chi connectivity index (χ4v) is 7.41. The molecule has 5 rings (SSSR count). The molecule has 0 N–H and O–H groups in total. The van der Waals surface area contributed by atoms with Gasteiger partial charge in [0.1, 0.15) is 5.82 Å². The molecule has 0 saturated carbocycles. The molecule has 1 saturated heterocycles. The summed E-state index contributed by atoms with van der Waals surface area (Å²) in [5, 5.41) is 6.23. The molecule has 0 spiro atoms. The Morgan fingerprint density at radius 2 is 1.79 bits per heavy atom. The average molecular weight is 656 g/mol. The van der Waals surface area contributed by atoms with Gasteiger partial charge in [0.2, 0.25) is 0 Å². The summed E-state index contributed by atoms with van der Waals surface area (Å²) >= 11 is 1.74. The zero-order valence-corrected chi connectivity index (χ0v) is 29.9. The van der Waals surface area contributed by atoms with Gasteiger partial charge in [-0.25, -0.2) is 14.8 Å². The second-order valence-electron chi connectivity index (χ2n) is 13.9. The number of aryl methyl sites for hydroxylation is 3. The number of piperidine rings is 1. The van der Waals surface area contributed by atoms with Gasteiger partial charge >= 0.3 is 5.97 Å². The number of methoxy groups -OCH3 is 1. The summed E-state index contributed by atoms with van der Waals surface area (Å²) in [4.78, 5) is 26.9. The fourth-order valence-electron chi connectivity index (χ4n) is 6.43. The van der Waals surface area contributed by atoms with E-state index in [0.717, 1.165) is 96.3 Å². The summed E-state index contributed by atoms with van der Waals surface area (Å²) in [6, 6.07) is 10.4. The van der Waals surface area contributed by atoms with Gasteiger partial charge in [0.15, 0.2) is 11.8 Å². The topological polar surface area (TPSA) is 81.8 Å². The highest BCUT2D eigenvalue weighted by Crippen LogP contribution is 2.41. The van der Waals surface area contributed by atoms with Crippen molar-refractivity contribution in [3.05, 3.63) is 76.8 Å². The van der Waals surface area contributed by atoms with Crippen molar-refractivity contribution in [1.29, 1.82) is 0 Å². The molecule has 1 aliphatic rings. The molecule has 0 unspecified atom stereocenters. The molecular formula is C38H49N5O3S. The first kappa shape index (κ1) is 34.5. The lowest BCUT2D eigenvalue weighted by Gasteiger charge is -2.41. The molecule has 0 aliphatic carbocycles. The number of ether oxygens (including phenoxy) is 2. The molecule has 8 nitrogen and oxygen atoms in total. The summed E-state index contributed by atoms with van der Waals surface area (Å²) in [5.41, 5.74) is 5.62. The third-order valence-electron chi connectivity index (χ3n) is 8.99. The van der Waals surface area contributed by atoms with Crippen LogP contribution in [-0.2, 0) is 20.7 Å². The SMILES string of the molecule is C=CCCc1sc(C)nc1-c1cccc(-c2cc3nc(C)c([C@H](OC(C)(C)C)C(=O)OC)c(N4CCC(C)(CCC=C)CC4)n3n2)c1. The van der Waals surface area contributed by atoms with Crippen molar-refractivity contribution >= 4 is 28.8 Å². The Hall–Kier alpha value is -3.82. The Bertz CT molecular complexity index is 1760. The van der Waals surface area contributed by atoms with Crippen LogP contribution >= 0.6 is 11.3 Å². The number of carbonyl (C=O) groups excluding carboxylic acids is 1. The van der Waals surface area contributed by atoms with Crippen LogP contribution in [0, 0.1) is 19.3 Å². The van der Waals surface area contributed by atoms with Crippen LogP contribution in [0.3, 0.4) is 0 Å². The number of hydrogen-bond donors (Lipinski definition) is 0. The zero-order valence-electron chi connectivity index (χ0n) is 29.1. The number of esters is 1. The number of allylic oxidation sites excluding steroid dienone is 2. The Balaban J connectivity index is 1.64. The molecule has 1 atom stereocenters. The van der Waals surface area contributed by atoms with Crippen molar-refractivity contribution < 1.29 is 14.3 Å². The van der Waals surface area contributed by atoms with Crippen LogP contribution in [0.2, 0.25) is 0 Å². The van der Waals surface area contributed by atoms with E-state index in [4.69, 9.17) is 24.5 Å². The second kappa shape index (κ2) is 14.1. The van der Waals surface area contributed by atoms with Crippen LogP contribution < -0.4 is 4.90 Å². The van der Waals surface area contributed by atoms with Crippen LogP contribution in [0.5, 0.6) is 0 Å². The van der Waals surface area contributed by atoms with E-state index in [1.54, 1.807) is 11.3 Å². The minimum absolute atomic E-state index is 0.226. The molecule has 1 aliphatic heterocycles. The molecule has 0 amide bonds. The lowest BCUT2D eigenvalue weighted by atomic mass is 9.76. The van der Waals surface area contributed by atoms with Crippen molar-refractivity contribution in [3.63, 3.8) is 0 Å². The third kappa shape index (κ3) is 7.68. The first-order chi connectivity index (χ1) is 22.4. The smallest absolute Gasteiger partial charge is 0.339 e. The van der Waals surface area contributed by atoms with Crippen molar-refractivity contribution in [2.75, 3.05) is 25.1 Å². The molecule has 250 valence electrons. The van der Waals surface area contributed by atoms with E-state index < -0.39 is 17.7 Å². The van der Waals surface area contributed by atoms with Crippen molar-refractivity contribution in [3.8, 4) is 22.5 Å². The van der Waals surface area contributed by atoms with Crippen LogP contribution in [0.25, 0.3) is 28.2 Å². The molecule has 3 aromatic heterocycles. The van der Waals surface area contributed by atoms with Gasteiger partial charge in [-0.1, -0.05) is 37.3 Å². The predicted molar refractivity (Wildman–Crippen MR) is 192 cm³/mol. The number of aromatic nitrogens is 4. The van der Waals surface area contributed by atoms with E-state index in [9.17, 15) is 4.79 Å². The van der Waals surface area contributed by atoms with Crippen LogP contribution in [0.15, 0.2) is 55.6 Å². The number of anilines is 1.